The smallest absolute Gasteiger partial charge is 0.347 e. The summed E-state index contributed by atoms with van der Waals surface area (Å²) in [4.78, 5) is 48.4. The summed E-state index contributed by atoms with van der Waals surface area (Å²) in [6, 6.07) is 4.70. The first kappa shape index (κ1) is 27.1. The number of carbonyl (C=O) groups is 3. The average Bonchev–Trinajstić information content (AvgIpc) is 3.40. The summed E-state index contributed by atoms with van der Waals surface area (Å²) in [7, 11) is -4.81. The van der Waals surface area contributed by atoms with E-state index in [0.717, 1.165) is 17.0 Å². The molecule has 0 fully saturated rings. The Kier molecular flexibility index (Phi) is 7.71. The second-order valence-corrected chi connectivity index (χ2v) is 10.2. The minimum Gasteiger partial charge on any atom is -0.506 e. The normalized spacial score (nSPS) is 13.6. The lowest BCUT2D eigenvalue weighted by Gasteiger charge is -2.13. The molecule has 3 aromatic rings. The molecule has 3 amide bonds. The third-order valence-electron chi connectivity index (χ3n) is 5.72. The topological polar surface area (TPSA) is 184 Å². The highest BCUT2D eigenvalue weighted by molar-refractivity contribution is 7.85. The fraction of sp³-hybridized carbons (Fsp3) is 0.250. The van der Waals surface area contributed by atoms with E-state index in [0.29, 0.717) is 24.6 Å². The van der Waals surface area contributed by atoms with Crippen LogP contribution in [0, 0.1) is 0 Å². The van der Waals surface area contributed by atoms with Gasteiger partial charge >= 0.3 is 5.63 Å². The second-order valence-electron chi connectivity index (χ2n) is 8.41. The number of unbranched alkanes of at least 4 members (excludes halogenated alkanes) is 2. The maximum absolute atomic E-state index is 12.5. The fourth-order valence-corrected chi connectivity index (χ4v) is 4.68. The summed E-state index contributed by atoms with van der Waals surface area (Å²) in [5.41, 5.74) is -1.09. The monoisotopic (exact) mass is 564 g/mol. The van der Waals surface area contributed by atoms with E-state index in [9.17, 15) is 37.3 Å². The first-order valence-corrected chi connectivity index (χ1v) is 13.1. The number of benzene rings is 1. The number of furan rings is 1. The molecule has 0 saturated carbocycles. The van der Waals surface area contributed by atoms with Crippen LogP contribution in [0.4, 0.5) is 0 Å². The molecule has 0 spiro atoms. The molecule has 2 aromatic heterocycles. The van der Waals surface area contributed by atoms with E-state index in [4.69, 9.17) is 20.4 Å². The summed E-state index contributed by atoms with van der Waals surface area (Å²) >= 11 is 5.90. The fourth-order valence-electron chi connectivity index (χ4n) is 3.85. The molecule has 0 unspecified atom stereocenters. The van der Waals surface area contributed by atoms with E-state index >= 15 is 0 Å². The van der Waals surface area contributed by atoms with Crippen LogP contribution in [0.3, 0.4) is 0 Å². The Bertz CT molecular complexity index is 1620. The first-order valence-electron chi connectivity index (χ1n) is 11.3. The van der Waals surface area contributed by atoms with Gasteiger partial charge in [-0.3, -0.25) is 23.8 Å². The minimum atomic E-state index is -4.81. The third-order valence-corrected chi connectivity index (χ3v) is 6.92. The lowest BCUT2D eigenvalue weighted by atomic mass is 10.1. The minimum absolute atomic E-state index is 0.0113. The number of carbonyl (C=O) groups excluding carboxylic acids is 3. The number of aromatic hydroxyl groups is 1. The largest absolute Gasteiger partial charge is 0.506 e. The van der Waals surface area contributed by atoms with E-state index in [2.05, 4.69) is 5.32 Å². The van der Waals surface area contributed by atoms with Crippen molar-refractivity contribution in [3.63, 3.8) is 0 Å². The number of nitrogens with one attached hydrogen (secondary N) is 1. The van der Waals surface area contributed by atoms with Gasteiger partial charge in [-0.2, -0.15) is 8.42 Å². The van der Waals surface area contributed by atoms with Crippen LogP contribution in [-0.4, -0.2) is 53.8 Å². The van der Waals surface area contributed by atoms with E-state index < -0.39 is 33.0 Å². The molecule has 38 heavy (non-hydrogen) atoms. The summed E-state index contributed by atoms with van der Waals surface area (Å²) in [6.07, 6.45) is 3.55. The third kappa shape index (κ3) is 5.96. The van der Waals surface area contributed by atoms with Crippen molar-refractivity contribution >= 4 is 50.4 Å². The maximum Gasteiger partial charge on any atom is 0.347 e. The molecule has 1 aliphatic rings. The molecule has 3 N–H and O–H groups in total. The molecule has 0 radical (unpaired) electrons. The van der Waals surface area contributed by atoms with Gasteiger partial charge in [0.1, 0.15) is 33.3 Å². The molecule has 12 nitrogen and oxygen atoms in total. The van der Waals surface area contributed by atoms with Crippen LogP contribution in [0.15, 0.2) is 54.9 Å². The van der Waals surface area contributed by atoms with Crippen molar-refractivity contribution in [3.8, 4) is 17.1 Å². The molecule has 14 heteroatoms. The lowest BCUT2D eigenvalue weighted by molar-refractivity contribution is -0.136. The van der Waals surface area contributed by atoms with Crippen molar-refractivity contribution in [3.05, 3.63) is 57.6 Å². The highest BCUT2D eigenvalue weighted by Crippen LogP contribution is 2.32. The highest BCUT2D eigenvalue weighted by Gasteiger charge is 2.26. The van der Waals surface area contributed by atoms with Crippen molar-refractivity contribution < 1.29 is 41.3 Å². The van der Waals surface area contributed by atoms with Gasteiger partial charge in [-0.15, -0.1) is 0 Å². The molecule has 1 aliphatic heterocycles. The van der Waals surface area contributed by atoms with Gasteiger partial charge in [0.05, 0.1) is 11.4 Å². The Morgan fingerprint density at radius 1 is 1.00 bits per heavy atom. The van der Waals surface area contributed by atoms with Gasteiger partial charge in [-0.25, -0.2) is 4.79 Å². The summed E-state index contributed by atoms with van der Waals surface area (Å²) in [5.74, 6) is -2.27. The van der Waals surface area contributed by atoms with Crippen molar-refractivity contribution in [2.24, 2.45) is 0 Å². The van der Waals surface area contributed by atoms with Crippen LogP contribution in [0.5, 0.6) is 5.75 Å². The molecule has 0 saturated heterocycles. The zero-order chi connectivity index (χ0) is 27.6. The van der Waals surface area contributed by atoms with Gasteiger partial charge < -0.3 is 19.3 Å². The number of hydrogen-bond acceptors (Lipinski definition) is 9. The van der Waals surface area contributed by atoms with E-state index in [1.54, 1.807) is 0 Å². The predicted molar refractivity (Wildman–Crippen MR) is 133 cm³/mol. The Morgan fingerprint density at radius 2 is 1.71 bits per heavy atom. The summed E-state index contributed by atoms with van der Waals surface area (Å²) in [5, 5.41) is 12.6. The SMILES string of the molecule is O=C(Cc1oc(-c2cc3cc(Cl)c(O)cc3oc2=O)cc1S(=O)(=O)O)NCCCCCN1C(=O)C=CC1=O. The average molecular weight is 565 g/mol. The molecule has 200 valence electrons. The van der Waals surface area contributed by atoms with Crippen LogP contribution in [0.2, 0.25) is 5.02 Å². The first-order chi connectivity index (χ1) is 17.9. The van der Waals surface area contributed by atoms with Gasteiger partial charge in [0, 0.05) is 42.8 Å². The predicted octanol–water partition coefficient (Wildman–Crippen LogP) is 2.41. The van der Waals surface area contributed by atoms with Crippen LogP contribution in [-0.2, 0) is 30.9 Å². The van der Waals surface area contributed by atoms with Gasteiger partial charge in [0.25, 0.3) is 21.9 Å². The number of hydrogen-bond donors (Lipinski definition) is 3. The number of imide groups is 1. The summed E-state index contributed by atoms with van der Waals surface area (Å²) in [6.45, 7) is 0.497. The van der Waals surface area contributed by atoms with Gasteiger partial charge in [0.2, 0.25) is 5.91 Å². The number of rotatable bonds is 10. The van der Waals surface area contributed by atoms with Crippen molar-refractivity contribution in [2.75, 3.05) is 13.1 Å². The van der Waals surface area contributed by atoms with Gasteiger partial charge in [-0.1, -0.05) is 11.6 Å². The maximum atomic E-state index is 12.5. The zero-order valence-corrected chi connectivity index (χ0v) is 21.2. The Hall–Kier alpha value is -3.94. The molecular formula is C24H21ClN2O10S. The number of halogens is 1. The number of nitrogens with zero attached hydrogens (tertiary/aromatic N) is 1. The Labute approximate surface area is 220 Å². The van der Waals surface area contributed by atoms with Crippen LogP contribution in [0.1, 0.15) is 25.0 Å². The highest BCUT2D eigenvalue weighted by atomic mass is 35.5. The Morgan fingerprint density at radius 3 is 2.39 bits per heavy atom. The quantitative estimate of drug-likeness (QED) is 0.143. The molecule has 4 rings (SSSR count). The van der Waals surface area contributed by atoms with Crippen LogP contribution in [0.25, 0.3) is 22.3 Å². The van der Waals surface area contributed by atoms with Gasteiger partial charge in [-0.05, 0) is 31.4 Å². The standard InChI is InChI=1S/C24H21ClN2O10S/c25-15-9-13-8-14(24(32)37-17(13)10-16(15)28)18-11-20(38(33,34)35)19(36-18)12-21(29)26-6-2-1-3-7-27-22(30)4-5-23(27)31/h4-5,8-11,28H,1-3,6-7,12H2,(H,26,29)(H,33,34,35). The van der Waals surface area contributed by atoms with E-state index in [-0.39, 0.29) is 58.3 Å². The summed E-state index contributed by atoms with van der Waals surface area (Å²) < 4.78 is 44.1. The molecule has 0 bridgehead atoms. The van der Waals surface area contributed by atoms with Crippen molar-refractivity contribution in [1.82, 2.24) is 10.2 Å². The second kappa shape index (κ2) is 10.8. The van der Waals surface area contributed by atoms with E-state index in [1.807, 2.05) is 0 Å². The van der Waals surface area contributed by atoms with Crippen LogP contribution >= 0.6 is 11.6 Å². The number of amides is 3. The Balaban J connectivity index is 1.42. The van der Waals surface area contributed by atoms with Gasteiger partial charge in [0.15, 0.2) is 0 Å². The van der Waals surface area contributed by atoms with Crippen LogP contribution < -0.4 is 10.9 Å². The molecular weight excluding hydrogens is 544 g/mol. The van der Waals surface area contributed by atoms with E-state index in [1.165, 1.54) is 24.3 Å². The number of phenols is 1. The lowest BCUT2D eigenvalue weighted by Crippen LogP contribution is -2.31. The zero-order valence-electron chi connectivity index (χ0n) is 19.6. The van der Waals surface area contributed by atoms with Crippen molar-refractivity contribution in [2.45, 2.75) is 30.6 Å². The molecule has 0 atom stereocenters. The number of fused-ring (bicyclic) bond motifs is 1. The molecule has 0 aliphatic carbocycles. The van der Waals surface area contributed by atoms with Crippen molar-refractivity contribution in [1.29, 1.82) is 0 Å². The number of phenolic OH excluding ortho intramolecular Hbond substituents is 1. The molecule has 1 aromatic carbocycles. The molecule has 3 heterocycles.